The number of imidazole rings is 1. The van der Waals surface area contributed by atoms with Crippen LogP contribution in [-0.2, 0) is 25.7 Å². The average Bonchev–Trinajstić information content (AvgIpc) is 3.74. The lowest BCUT2D eigenvalue weighted by atomic mass is 10.0. The van der Waals surface area contributed by atoms with Gasteiger partial charge in [0.2, 0.25) is 11.8 Å². The largest absolute Gasteiger partial charge is 0.497 e. The molecular formula is C31H31N5O6S2. The summed E-state index contributed by atoms with van der Waals surface area (Å²) in [5, 5.41) is 12.2. The zero-order valence-electron chi connectivity index (χ0n) is 23.8. The number of amides is 3. The summed E-state index contributed by atoms with van der Waals surface area (Å²) < 4.78 is 5.18. The summed E-state index contributed by atoms with van der Waals surface area (Å²) >= 11 is 2.75. The van der Waals surface area contributed by atoms with E-state index in [2.05, 4.69) is 15.3 Å². The highest BCUT2D eigenvalue weighted by molar-refractivity contribution is 8.00. The number of nitrogens with one attached hydrogen (secondary N) is 2. The second-order valence-corrected chi connectivity index (χ2v) is 12.1. The molecule has 0 radical (unpaired) electrons. The maximum Gasteiger partial charge on any atom is 0.352 e. The van der Waals surface area contributed by atoms with Crippen LogP contribution in [0.15, 0.2) is 101 Å². The van der Waals surface area contributed by atoms with E-state index in [-0.39, 0.29) is 23.3 Å². The molecule has 4 heterocycles. The summed E-state index contributed by atoms with van der Waals surface area (Å²) in [6.07, 6.45) is 7.20. The molecule has 3 aliphatic rings. The number of H-pyrrole nitrogens is 1. The third kappa shape index (κ3) is 7.17. The fraction of sp³-hybridized carbons (Fsp3) is 0.258. The quantitative estimate of drug-likeness (QED) is 0.184. The number of carboxylic acids is 1. The molecule has 3 amide bonds. The van der Waals surface area contributed by atoms with Gasteiger partial charge >= 0.3 is 5.97 Å². The summed E-state index contributed by atoms with van der Waals surface area (Å²) in [5.41, 5.74) is 1.79. The Balaban J connectivity index is 0.000000698. The Hall–Kier alpha value is -4.49. The number of aliphatic carboxylic acids is 1. The van der Waals surface area contributed by atoms with E-state index in [1.807, 2.05) is 54.6 Å². The third-order valence-corrected chi connectivity index (χ3v) is 9.44. The molecule has 0 bridgehead atoms. The average molecular weight is 634 g/mol. The minimum atomic E-state index is -1.23. The zero-order valence-corrected chi connectivity index (χ0v) is 25.5. The van der Waals surface area contributed by atoms with Crippen molar-refractivity contribution in [2.75, 3.05) is 25.2 Å². The van der Waals surface area contributed by atoms with Crippen LogP contribution in [0, 0.1) is 0 Å². The maximum atomic E-state index is 13.1. The van der Waals surface area contributed by atoms with E-state index in [0.29, 0.717) is 36.4 Å². The molecule has 2 saturated heterocycles. The number of fused-ring (bicyclic) bond motifs is 1. The van der Waals surface area contributed by atoms with Gasteiger partial charge in [0.1, 0.15) is 22.9 Å². The highest BCUT2D eigenvalue weighted by Gasteiger charge is 2.54. The van der Waals surface area contributed by atoms with Crippen molar-refractivity contribution in [3.63, 3.8) is 0 Å². The number of β-lactam (4-membered cyclic amide) rings is 1. The number of hydrogen-bond acceptors (Lipinski definition) is 8. The van der Waals surface area contributed by atoms with Crippen LogP contribution < -0.4 is 10.1 Å². The molecule has 3 N–H and O–H groups in total. The van der Waals surface area contributed by atoms with Crippen LogP contribution in [0.4, 0.5) is 0 Å². The normalized spacial score (nSPS) is 20.1. The van der Waals surface area contributed by atoms with Crippen LogP contribution in [0.3, 0.4) is 0 Å². The molecule has 0 saturated carbocycles. The van der Waals surface area contributed by atoms with Crippen molar-refractivity contribution in [1.29, 1.82) is 0 Å². The van der Waals surface area contributed by atoms with Crippen molar-refractivity contribution in [2.45, 2.75) is 29.3 Å². The van der Waals surface area contributed by atoms with Crippen LogP contribution in [0.5, 0.6) is 5.75 Å². The Bertz CT molecular complexity index is 1540. The predicted molar refractivity (Wildman–Crippen MR) is 167 cm³/mol. The minimum Gasteiger partial charge on any atom is -0.497 e. The Labute approximate surface area is 262 Å². The molecule has 3 aromatic rings. The van der Waals surface area contributed by atoms with E-state index in [4.69, 9.17) is 4.74 Å². The van der Waals surface area contributed by atoms with Crippen LogP contribution >= 0.6 is 23.5 Å². The molecule has 13 heteroatoms. The minimum absolute atomic E-state index is 0.123. The Morgan fingerprint density at radius 2 is 1.95 bits per heavy atom. The molecule has 0 unspecified atom stereocenters. The Kier molecular flexibility index (Phi) is 10.1. The van der Waals surface area contributed by atoms with Gasteiger partial charge in [-0.3, -0.25) is 19.3 Å². The molecule has 3 aliphatic heterocycles. The first-order valence-electron chi connectivity index (χ1n) is 13.8. The van der Waals surface area contributed by atoms with E-state index in [0.717, 1.165) is 16.2 Å². The standard InChI is InChI=1S/C28H27N3O6S2.C3H4N2/c1-37-20-9-7-17(8-10-20)14-30-12-11-18(25(30)33)13-19-15-39-27-23(26(34)31(27)24(19)28(35)36)29-22(32)16-38-21-5-3-2-4-6-21;1-2-5-3-4-1/h2-10,13,23,27H,11-12,14-16H2,1H3,(H,29,32)(H,35,36);1-3H,(H,4,5)/t23-,27-;/m1./s1. The smallest absolute Gasteiger partial charge is 0.352 e. The Morgan fingerprint density at radius 1 is 1.18 bits per heavy atom. The van der Waals surface area contributed by atoms with E-state index in [1.165, 1.54) is 28.4 Å². The molecule has 44 heavy (non-hydrogen) atoms. The molecule has 2 atom stereocenters. The number of methoxy groups -OCH3 is 1. The predicted octanol–water partition coefficient (Wildman–Crippen LogP) is 3.29. The molecule has 228 valence electrons. The van der Waals surface area contributed by atoms with Crippen LogP contribution in [0.1, 0.15) is 12.0 Å². The van der Waals surface area contributed by atoms with Gasteiger partial charge in [0, 0.05) is 41.7 Å². The van der Waals surface area contributed by atoms with Crippen molar-refractivity contribution in [3.05, 3.63) is 102 Å². The monoisotopic (exact) mass is 633 g/mol. The fourth-order valence-corrected chi connectivity index (χ4v) is 7.00. The van der Waals surface area contributed by atoms with Gasteiger partial charge in [0.05, 0.1) is 19.2 Å². The highest BCUT2D eigenvalue weighted by atomic mass is 32.2. The number of aromatic nitrogens is 2. The molecule has 1 aromatic heterocycles. The highest BCUT2D eigenvalue weighted by Crippen LogP contribution is 2.41. The van der Waals surface area contributed by atoms with Crippen molar-refractivity contribution in [2.24, 2.45) is 0 Å². The molecular weight excluding hydrogens is 603 g/mol. The van der Waals surface area contributed by atoms with Crippen molar-refractivity contribution >= 4 is 47.2 Å². The van der Waals surface area contributed by atoms with E-state index in [9.17, 15) is 24.3 Å². The number of benzene rings is 2. The number of carbonyl (C=O) groups is 4. The van der Waals surface area contributed by atoms with Gasteiger partial charge in [0.15, 0.2) is 0 Å². The van der Waals surface area contributed by atoms with Gasteiger partial charge in [-0.25, -0.2) is 9.78 Å². The summed E-state index contributed by atoms with van der Waals surface area (Å²) in [6.45, 7) is 0.969. The van der Waals surface area contributed by atoms with Crippen molar-refractivity contribution in [1.82, 2.24) is 25.1 Å². The van der Waals surface area contributed by atoms with Gasteiger partial charge in [0.25, 0.3) is 5.91 Å². The number of rotatable bonds is 9. The van der Waals surface area contributed by atoms with Gasteiger partial charge in [-0.1, -0.05) is 30.3 Å². The van der Waals surface area contributed by atoms with E-state index in [1.54, 1.807) is 36.8 Å². The van der Waals surface area contributed by atoms with Crippen molar-refractivity contribution in [3.8, 4) is 5.75 Å². The Morgan fingerprint density at radius 3 is 2.59 bits per heavy atom. The summed E-state index contributed by atoms with van der Waals surface area (Å²) in [7, 11) is 1.60. The molecule has 6 rings (SSSR count). The number of carbonyl (C=O) groups excluding carboxylic acids is 3. The number of nitrogens with zero attached hydrogens (tertiary/aromatic N) is 3. The zero-order chi connectivity index (χ0) is 31.1. The SMILES string of the molecule is COc1ccc(CN2CCC(=CC3=C(C(=O)O)N4C(=O)[C@@H](NC(=O)CSc5ccccc5)[C@H]4SC3)C2=O)cc1.c1c[nH]cn1. The first-order chi connectivity index (χ1) is 21.4. The lowest BCUT2D eigenvalue weighted by Crippen LogP contribution is -2.70. The van der Waals surface area contributed by atoms with Crippen molar-refractivity contribution < 1.29 is 29.0 Å². The second-order valence-electron chi connectivity index (χ2n) is 9.99. The van der Waals surface area contributed by atoms with Gasteiger partial charge in [-0.05, 0) is 47.9 Å². The van der Waals surface area contributed by atoms with Gasteiger partial charge in [-0.2, -0.15) is 0 Å². The summed E-state index contributed by atoms with van der Waals surface area (Å²) in [4.78, 5) is 61.0. The van der Waals surface area contributed by atoms with E-state index < -0.39 is 23.3 Å². The topological polar surface area (TPSA) is 145 Å². The number of thioether (sulfide) groups is 2. The number of hydrogen-bond donors (Lipinski definition) is 3. The fourth-order valence-electron chi connectivity index (χ4n) is 4.96. The first-order valence-corrected chi connectivity index (χ1v) is 15.8. The van der Waals surface area contributed by atoms with Crippen LogP contribution in [-0.4, -0.2) is 85.1 Å². The van der Waals surface area contributed by atoms with Crippen LogP contribution in [0.25, 0.3) is 0 Å². The van der Waals surface area contributed by atoms with Gasteiger partial charge in [-0.15, -0.1) is 23.5 Å². The first kappa shape index (κ1) is 31.0. The summed E-state index contributed by atoms with van der Waals surface area (Å²) in [5.74, 6) is -0.920. The number of aromatic amines is 1. The number of allylic oxidation sites excluding steroid dienone is 1. The van der Waals surface area contributed by atoms with E-state index >= 15 is 0 Å². The molecule has 2 fully saturated rings. The number of likely N-dealkylation sites (tertiary alicyclic amines) is 1. The maximum absolute atomic E-state index is 13.1. The lowest BCUT2D eigenvalue weighted by Gasteiger charge is -2.49. The number of carboxylic acid groups (broad SMARTS) is 1. The summed E-state index contributed by atoms with van der Waals surface area (Å²) in [6, 6.07) is 16.2. The lowest BCUT2D eigenvalue weighted by molar-refractivity contribution is -0.150. The second kappa shape index (κ2) is 14.3. The number of ether oxygens (including phenoxy) is 1. The van der Waals surface area contributed by atoms with Crippen LogP contribution in [0.2, 0.25) is 0 Å². The molecule has 0 aliphatic carbocycles. The molecule has 0 spiro atoms. The van der Waals surface area contributed by atoms with Gasteiger partial charge < -0.3 is 25.0 Å². The third-order valence-electron chi connectivity index (χ3n) is 7.13. The molecule has 11 nitrogen and oxygen atoms in total. The molecule has 2 aromatic carbocycles.